The van der Waals surface area contributed by atoms with Crippen LogP contribution in [0.1, 0.15) is 0 Å². The summed E-state index contributed by atoms with van der Waals surface area (Å²) in [4.78, 5) is 10.1. The average Bonchev–Trinajstić information content (AvgIpc) is 2.27. The highest BCUT2D eigenvalue weighted by Gasteiger charge is 2.18. The molecule has 0 saturated carbocycles. The van der Waals surface area contributed by atoms with Crippen molar-refractivity contribution in [1.82, 2.24) is 4.25 Å². The Morgan fingerprint density at radius 3 is 2.10 bits per heavy atom. The molecule has 0 spiro atoms. The minimum Gasteiger partial charge on any atom is -0.358 e. The Bertz CT molecular complexity index is 228. The molecule has 0 bridgehead atoms. The SMILES string of the molecule is BrN1Oc2ccccc2O1. The van der Waals surface area contributed by atoms with Crippen LogP contribution in [0.15, 0.2) is 24.3 Å². The van der Waals surface area contributed by atoms with E-state index in [0.29, 0.717) is 0 Å². The molecule has 0 aromatic heterocycles. The first kappa shape index (κ1) is 6.00. The van der Waals surface area contributed by atoms with Crippen molar-refractivity contribution in [3.63, 3.8) is 0 Å². The molecule has 0 fully saturated rings. The molecule has 1 aliphatic rings. The first-order chi connectivity index (χ1) is 4.86. The summed E-state index contributed by atoms with van der Waals surface area (Å²) < 4.78 is 1.14. The topological polar surface area (TPSA) is 21.7 Å². The Kier molecular flexibility index (Phi) is 1.28. The van der Waals surface area contributed by atoms with Gasteiger partial charge in [-0.3, -0.25) is 0 Å². The molecule has 0 radical (unpaired) electrons. The van der Waals surface area contributed by atoms with Gasteiger partial charge < -0.3 is 9.68 Å². The van der Waals surface area contributed by atoms with Crippen molar-refractivity contribution in [3.8, 4) is 11.5 Å². The minimum atomic E-state index is 0.722. The molecule has 3 nitrogen and oxygen atoms in total. The van der Waals surface area contributed by atoms with E-state index in [0.717, 1.165) is 15.8 Å². The fourth-order valence-corrected chi connectivity index (χ4v) is 1.09. The quantitative estimate of drug-likeness (QED) is 0.599. The van der Waals surface area contributed by atoms with Gasteiger partial charge in [-0.2, -0.15) is 0 Å². The van der Waals surface area contributed by atoms with Crippen molar-refractivity contribution >= 4 is 16.1 Å². The molecular formula is C6H4BrNO2. The molecule has 1 heterocycles. The van der Waals surface area contributed by atoms with Crippen LogP contribution in [0, 0.1) is 0 Å². The van der Waals surface area contributed by atoms with Gasteiger partial charge in [0.15, 0.2) is 11.5 Å². The molecule has 1 aromatic rings. The Hall–Kier alpha value is -0.740. The van der Waals surface area contributed by atoms with Crippen LogP contribution in [0.3, 0.4) is 0 Å². The fraction of sp³-hybridized carbons (Fsp3) is 0. The molecular weight excluding hydrogens is 198 g/mol. The van der Waals surface area contributed by atoms with Gasteiger partial charge in [0.1, 0.15) is 20.4 Å². The van der Waals surface area contributed by atoms with Crippen LogP contribution in [-0.2, 0) is 0 Å². The van der Waals surface area contributed by atoms with Crippen LogP contribution in [0.5, 0.6) is 11.5 Å². The number of halogens is 1. The molecule has 0 amide bonds. The van der Waals surface area contributed by atoms with Crippen LogP contribution in [0.4, 0.5) is 0 Å². The Morgan fingerprint density at radius 2 is 1.60 bits per heavy atom. The highest BCUT2D eigenvalue weighted by atomic mass is 79.9. The molecule has 52 valence electrons. The van der Waals surface area contributed by atoms with E-state index >= 15 is 0 Å². The normalized spacial score (nSPS) is 15.7. The number of fused-ring (bicyclic) bond motifs is 1. The smallest absolute Gasteiger partial charge is 0.197 e. The third kappa shape index (κ3) is 0.853. The summed E-state index contributed by atoms with van der Waals surface area (Å²) in [6.45, 7) is 0. The van der Waals surface area contributed by atoms with Gasteiger partial charge in [0.05, 0.1) is 0 Å². The molecule has 1 aromatic carbocycles. The minimum absolute atomic E-state index is 0.722. The number of nitrogens with zero attached hydrogens (tertiary/aromatic N) is 1. The molecule has 0 aliphatic carbocycles. The van der Waals surface area contributed by atoms with Gasteiger partial charge in [-0.25, -0.2) is 0 Å². The van der Waals surface area contributed by atoms with Crippen molar-refractivity contribution < 1.29 is 9.68 Å². The summed E-state index contributed by atoms with van der Waals surface area (Å²) in [5.41, 5.74) is 0. The molecule has 2 rings (SSSR count). The fourth-order valence-electron chi connectivity index (χ4n) is 0.774. The van der Waals surface area contributed by atoms with E-state index in [1.54, 1.807) is 0 Å². The zero-order valence-corrected chi connectivity index (χ0v) is 6.54. The standard InChI is InChI=1S/C6H4BrNO2/c7-8-9-5-3-1-2-4-6(5)10-8/h1-4H. The summed E-state index contributed by atoms with van der Waals surface area (Å²) in [5, 5.41) is 0. The highest BCUT2D eigenvalue weighted by molar-refractivity contribution is 9.07. The molecule has 0 saturated heterocycles. The van der Waals surface area contributed by atoms with E-state index in [1.165, 1.54) is 0 Å². The van der Waals surface area contributed by atoms with E-state index < -0.39 is 0 Å². The van der Waals surface area contributed by atoms with Crippen molar-refractivity contribution in [2.24, 2.45) is 0 Å². The Morgan fingerprint density at radius 1 is 1.10 bits per heavy atom. The zero-order valence-electron chi connectivity index (χ0n) is 4.95. The summed E-state index contributed by atoms with van der Waals surface area (Å²) in [6.07, 6.45) is 0. The van der Waals surface area contributed by atoms with Crippen LogP contribution >= 0.6 is 16.1 Å². The van der Waals surface area contributed by atoms with Crippen LogP contribution in [0.2, 0.25) is 0 Å². The van der Waals surface area contributed by atoms with Gasteiger partial charge in [-0.15, -0.1) is 0 Å². The van der Waals surface area contributed by atoms with Gasteiger partial charge in [0.2, 0.25) is 0 Å². The second kappa shape index (κ2) is 2.14. The summed E-state index contributed by atoms with van der Waals surface area (Å²) in [5.74, 6) is 1.44. The molecule has 0 unspecified atom stereocenters. The van der Waals surface area contributed by atoms with Crippen molar-refractivity contribution in [3.05, 3.63) is 24.3 Å². The summed E-state index contributed by atoms with van der Waals surface area (Å²) in [6, 6.07) is 7.43. The predicted molar refractivity (Wildman–Crippen MR) is 38.5 cm³/mol. The maximum absolute atomic E-state index is 5.03. The van der Waals surface area contributed by atoms with Crippen LogP contribution < -0.4 is 9.68 Å². The molecule has 10 heavy (non-hydrogen) atoms. The van der Waals surface area contributed by atoms with Gasteiger partial charge in [-0.05, 0) is 12.1 Å². The van der Waals surface area contributed by atoms with E-state index in [9.17, 15) is 0 Å². The number of hydrogen-bond acceptors (Lipinski definition) is 3. The van der Waals surface area contributed by atoms with Gasteiger partial charge in [-0.1, -0.05) is 12.1 Å². The first-order valence-electron chi connectivity index (χ1n) is 2.77. The highest BCUT2D eigenvalue weighted by Crippen LogP contribution is 2.34. The largest absolute Gasteiger partial charge is 0.358 e. The number of rotatable bonds is 0. The Balaban J connectivity index is 2.42. The number of para-hydroxylation sites is 2. The van der Waals surface area contributed by atoms with Crippen molar-refractivity contribution in [2.75, 3.05) is 0 Å². The van der Waals surface area contributed by atoms with E-state index in [1.807, 2.05) is 24.3 Å². The molecule has 1 aliphatic heterocycles. The second-order valence-electron chi connectivity index (χ2n) is 1.84. The predicted octanol–water partition coefficient (Wildman–Crippen LogP) is 1.90. The summed E-state index contributed by atoms with van der Waals surface area (Å²) in [7, 11) is 0. The molecule has 4 heteroatoms. The number of hydrogen-bond donors (Lipinski definition) is 0. The van der Waals surface area contributed by atoms with E-state index in [4.69, 9.17) is 9.68 Å². The summed E-state index contributed by atoms with van der Waals surface area (Å²) >= 11 is 3.01. The lowest BCUT2D eigenvalue weighted by Crippen LogP contribution is -2.11. The third-order valence-corrected chi connectivity index (χ3v) is 1.48. The maximum atomic E-state index is 5.03. The van der Waals surface area contributed by atoms with Crippen LogP contribution in [-0.4, -0.2) is 4.25 Å². The van der Waals surface area contributed by atoms with Gasteiger partial charge >= 0.3 is 0 Å². The third-order valence-electron chi connectivity index (χ3n) is 1.19. The van der Waals surface area contributed by atoms with E-state index in [2.05, 4.69) is 16.1 Å². The van der Waals surface area contributed by atoms with Crippen molar-refractivity contribution in [1.29, 1.82) is 0 Å². The van der Waals surface area contributed by atoms with Crippen LogP contribution in [0.25, 0.3) is 0 Å². The Labute approximate surface area is 66.4 Å². The molecule has 0 atom stereocenters. The maximum Gasteiger partial charge on any atom is 0.197 e. The number of benzene rings is 1. The van der Waals surface area contributed by atoms with Crippen molar-refractivity contribution in [2.45, 2.75) is 0 Å². The average molecular weight is 202 g/mol. The lowest BCUT2D eigenvalue weighted by atomic mass is 10.3. The van der Waals surface area contributed by atoms with Gasteiger partial charge in [0.25, 0.3) is 0 Å². The first-order valence-corrected chi connectivity index (χ1v) is 3.48. The lowest BCUT2D eigenvalue weighted by molar-refractivity contribution is -0.118. The van der Waals surface area contributed by atoms with E-state index in [-0.39, 0.29) is 0 Å². The monoisotopic (exact) mass is 201 g/mol. The second-order valence-corrected chi connectivity index (χ2v) is 2.42. The molecule has 0 N–H and O–H groups in total. The van der Waals surface area contributed by atoms with Gasteiger partial charge in [0, 0.05) is 0 Å². The lowest BCUT2D eigenvalue weighted by Gasteiger charge is -1.98. The zero-order chi connectivity index (χ0) is 6.97.